The predicted octanol–water partition coefficient (Wildman–Crippen LogP) is 1.92. The van der Waals surface area contributed by atoms with Gasteiger partial charge in [-0.1, -0.05) is 5.16 Å². The number of piperidine rings is 1. The summed E-state index contributed by atoms with van der Waals surface area (Å²) in [6, 6.07) is 2.09. The summed E-state index contributed by atoms with van der Waals surface area (Å²) in [7, 11) is 0. The number of rotatable bonds is 6. The summed E-state index contributed by atoms with van der Waals surface area (Å²) in [6.45, 7) is 6.07. The van der Waals surface area contributed by atoms with E-state index < -0.39 is 0 Å². The number of carbonyl (C=O) groups excluding carboxylic acids is 1. The van der Waals surface area contributed by atoms with Crippen LogP contribution in [0, 0.1) is 31.1 Å². The van der Waals surface area contributed by atoms with Crippen LogP contribution in [-0.4, -0.2) is 40.7 Å². The number of amides is 1. The van der Waals surface area contributed by atoms with Gasteiger partial charge < -0.3 is 14.7 Å². The van der Waals surface area contributed by atoms with Gasteiger partial charge in [0.25, 0.3) is 0 Å². The topological polar surface area (TPSA) is 108 Å². The Morgan fingerprint density at radius 3 is 2.74 bits per heavy atom. The Morgan fingerprint density at radius 2 is 2.07 bits per heavy atom. The Bertz CT molecular complexity index is 813. The second-order valence-electron chi connectivity index (χ2n) is 6.88. The molecule has 27 heavy (non-hydrogen) atoms. The maximum absolute atomic E-state index is 12.1. The summed E-state index contributed by atoms with van der Waals surface area (Å²) in [5.74, 6) is 1.93. The maximum Gasteiger partial charge on any atom is 0.220 e. The van der Waals surface area contributed by atoms with Gasteiger partial charge >= 0.3 is 0 Å². The lowest BCUT2D eigenvalue weighted by Crippen LogP contribution is -2.39. The summed E-state index contributed by atoms with van der Waals surface area (Å²) >= 11 is 0. The Morgan fingerprint density at radius 1 is 1.33 bits per heavy atom. The zero-order valence-corrected chi connectivity index (χ0v) is 15.7. The van der Waals surface area contributed by atoms with Crippen LogP contribution in [0.1, 0.15) is 42.0 Å². The number of aryl methyl sites for hydroxylation is 2. The second kappa shape index (κ2) is 8.62. The predicted molar refractivity (Wildman–Crippen MR) is 99.0 cm³/mol. The van der Waals surface area contributed by atoms with Gasteiger partial charge in [-0.25, -0.2) is 9.97 Å². The fraction of sp³-hybridized carbons (Fsp3) is 0.526. The first-order chi connectivity index (χ1) is 13.1. The van der Waals surface area contributed by atoms with Crippen LogP contribution in [0.15, 0.2) is 16.9 Å². The molecule has 8 heteroatoms. The van der Waals surface area contributed by atoms with Gasteiger partial charge in [0.05, 0.1) is 5.69 Å². The van der Waals surface area contributed by atoms with Crippen LogP contribution in [0.3, 0.4) is 0 Å². The molecule has 0 aliphatic carbocycles. The van der Waals surface area contributed by atoms with E-state index in [1.807, 2.05) is 13.8 Å². The van der Waals surface area contributed by atoms with E-state index in [0.717, 1.165) is 42.9 Å². The molecule has 8 nitrogen and oxygen atoms in total. The molecular formula is C19H24N6O2. The number of anilines is 1. The number of aromatic nitrogens is 3. The Labute approximate surface area is 158 Å². The van der Waals surface area contributed by atoms with Crippen molar-refractivity contribution in [2.24, 2.45) is 5.92 Å². The van der Waals surface area contributed by atoms with E-state index in [2.05, 4.69) is 31.4 Å². The summed E-state index contributed by atoms with van der Waals surface area (Å²) in [4.78, 5) is 22.6. The van der Waals surface area contributed by atoms with Crippen molar-refractivity contribution in [3.63, 3.8) is 0 Å². The fourth-order valence-electron chi connectivity index (χ4n) is 3.43. The first-order valence-corrected chi connectivity index (χ1v) is 9.23. The number of nitrogens with zero attached hydrogens (tertiary/aromatic N) is 5. The van der Waals surface area contributed by atoms with E-state index in [4.69, 9.17) is 9.78 Å². The van der Waals surface area contributed by atoms with E-state index in [9.17, 15) is 4.79 Å². The van der Waals surface area contributed by atoms with E-state index in [1.54, 1.807) is 6.20 Å². The summed E-state index contributed by atoms with van der Waals surface area (Å²) in [5.41, 5.74) is 2.24. The minimum absolute atomic E-state index is 0.0538. The maximum atomic E-state index is 12.1. The second-order valence-corrected chi connectivity index (χ2v) is 6.88. The minimum Gasteiger partial charge on any atom is -0.361 e. The van der Waals surface area contributed by atoms with Crippen LogP contribution in [0.4, 0.5) is 5.82 Å². The summed E-state index contributed by atoms with van der Waals surface area (Å²) < 4.78 is 5.13. The van der Waals surface area contributed by atoms with E-state index >= 15 is 0 Å². The van der Waals surface area contributed by atoms with Crippen molar-refractivity contribution in [2.75, 3.05) is 24.5 Å². The molecule has 1 aliphatic rings. The van der Waals surface area contributed by atoms with Crippen LogP contribution in [0.2, 0.25) is 0 Å². The lowest BCUT2D eigenvalue weighted by molar-refractivity contribution is -0.121. The highest BCUT2D eigenvalue weighted by atomic mass is 16.5. The molecular weight excluding hydrogens is 344 g/mol. The highest BCUT2D eigenvalue weighted by molar-refractivity contribution is 5.76. The van der Waals surface area contributed by atoms with Crippen molar-refractivity contribution in [3.05, 3.63) is 35.1 Å². The van der Waals surface area contributed by atoms with Gasteiger partial charge in [0.1, 0.15) is 11.8 Å². The lowest BCUT2D eigenvalue weighted by Gasteiger charge is -2.32. The van der Waals surface area contributed by atoms with Crippen molar-refractivity contribution in [2.45, 2.75) is 39.5 Å². The van der Waals surface area contributed by atoms with Crippen molar-refractivity contribution in [3.8, 4) is 6.07 Å². The molecule has 1 aliphatic heterocycles. The average Bonchev–Trinajstić information content (AvgIpc) is 3.02. The molecule has 0 aromatic carbocycles. The molecule has 142 valence electrons. The molecule has 3 heterocycles. The fourth-order valence-corrected chi connectivity index (χ4v) is 3.43. The molecule has 2 aromatic rings. The number of carbonyl (C=O) groups is 1. The number of nitriles is 1. The Kier molecular flexibility index (Phi) is 6.01. The Hall–Kier alpha value is -2.95. The Balaban J connectivity index is 1.42. The van der Waals surface area contributed by atoms with E-state index in [0.29, 0.717) is 36.8 Å². The monoisotopic (exact) mass is 368 g/mol. The van der Waals surface area contributed by atoms with Gasteiger partial charge in [0.15, 0.2) is 11.5 Å². The normalized spacial score (nSPS) is 14.8. The molecule has 0 saturated carbocycles. The zero-order chi connectivity index (χ0) is 19.2. The summed E-state index contributed by atoms with van der Waals surface area (Å²) in [6.07, 6.45) is 6.13. The van der Waals surface area contributed by atoms with Gasteiger partial charge in [0.2, 0.25) is 5.91 Å². The molecule has 0 atom stereocenters. The highest BCUT2D eigenvalue weighted by Crippen LogP contribution is 2.23. The third-order valence-corrected chi connectivity index (χ3v) is 5.07. The summed E-state index contributed by atoms with van der Waals surface area (Å²) in [5, 5.41) is 16.1. The van der Waals surface area contributed by atoms with Gasteiger partial charge in [-0.3, -0.25) is 4.79 Å². The third-order valence-electron chi connectivity index (χ3n) is 5.07. The molecule has 1 saturated heterocycles. The van der Waals surface area contributed by atoms with Gasteiger partial charge in [-0.15, -0.1) is 0 Å². The molecule has 1 fully saturated rings. The van der Waals surface area contributed by atoms with Crippen LogP contribution in [0.25, 0.3) is 0 Å². The number of hydrogen-bond acceptors (Lipinski definition) is 7. The molecule has 2 aromatic heterocycles. The molecule has 1 amide bonds. The first-order valence-electron chi connectivity index (χ1n) is 9.23. The molecule has 1 N–H and O–H groups in total. The molecule has 0 radical (unpaired) electrons. The first kappa shape index (κ1) is 18.8. The zero-order valence-electron chi connectivity index (χ0n) is 15.7. The van der Waals surface area contributed by atoms with Crippen LogP contribution >= 0.6 is 0 Å². The largest absolute Gasteiger partial charge is 0.361 e. The van der Waals surface area contributed by atoms with Crippen molar-refractivity contribution >= 4 is 11.7 Å². The third kappa shape index (κ3) is 4.61. The average molecular weight is 368 g/mol. The quantitative estimate of drug-likeness (QED) is 0.830. The number of hydrogen-bond donors (Lipinski definition) is 1. The number of nitrogens with one attached hydrogen (secondary N) is 1. The van der Waals surface area contributed by atoms with Crippen LogP contribution in [-0.2, 0) is 11.2 Å². The molecule has 0 spiro atoms. The highest BCUT2D eigenvalue weighted by Gasteiger charge is 2.23. The minimum atomic E-state index is 0.0538. The molecule has 0 bridgehead atoms. The van der Waals surface area contributed by atoms with Gasteiger partial charge in [-0.05, 0) is 39.0 Å². The van der Waals surface area contributed by atoms with E-state index in [-0.39, 0.29) is 5.91 Å². The van der Waals surface area contributed by atoms with Crippen LogP contribution in [0.5, 0.6) is 0 Å². The lowest BCUT2D eigenvalue weighted by atomic mass is 9.96. The SMILES string of the molecule is Cc1noc(C)c1CCC(=O)NCC1CCN(c2nccnc2C#N)CC1. The smallest absolute Gasteiger partial charge is 0.220 e. The molecule has 0 unspecified atom stereocenters. The van der Waals surface area contributed by atoms with Crippen molar-refractivity contribution < 1.29 is 9.32 Å². The van der Waals surface area contributed by atoms with Crippen molar-refractivity contribution in [1.29, 1.82) is 5.26 Å². The van der Waals surface area contributed by atoms with Gasteiger partial charge in [-0.2, -0.15) is 5.26 Å². The van der Waals surface area contributed by atoms with Gasteiger partial charge in [0, 0.05) is 44.0 Å². The standard InChI is InChI=1S/C19H24N6O2/c1-13-16(14(2)27-24-13)3-4-18(26)23-12-15-5-9-25(10-6-15)19-17(11-20)21-7-8-22-19/h7-8,15H,3-6,9-10,12H2,1-2H3,(H,23,26). The van der Waals surface area contributed by atoms with Crippen LogP contribution < -0.4 is 10.2 Å². The van der Waals surface area contributed by atoms with Crippen molar-refractivity contribution in [1.82, 2.24) is 20.4 Å². The van der Waals surface area contributed by atoms with E-state index in [1.165, 1.54) is 6.20 Å². The molecule has 3 rings (SSSR count).